The van der Waals surface area contributed by atoms with Crippen LogP contribution in [-0.2, 0) is 0 Å². The molecule has 0 aliphatic rings. The molecule has 2 aromatic rings. The SMILES string of the molecule is OC(c1cc(F)cc(F)c1)c1cc(Cl)cs1. The van der Waals surface area contributed by atoms with E-state index in [9.17, 15) is 13.9 Å². The molecule has 5 heteroatoms. The molecule has 84 valence electrons. The van der Waals surface area contributed by atoms with Gasteiger partial charge in [0.25, 0.3) is 0 Å². The van der Waals surface area contributed by atoms with Crippen LogP contribution in [0.2, 0.25) is 5.02 Å². The van der Waals surface area contributed by atoms with Gasteiger partial charge in [0.05, 0.1) is 5.02 Å². The number of aliphatic hydroxyl groups is 1. The molecule has 16 heavy (non-hydrogen) atoms. The summed E-state index contributed by atoms with van der Waals surface area (Å²) >= 11 is 6.94. The normalized spacial score (nSPS) is 12.8. The molecule has 1 nitrogen and oxygen atoms in total. The monoisotopic (exact) mass is 260 g/mol. The van der Waals surface area contributed by atoms with Crippen LogP contribution in [0, 0.1) is 11.6 Å². The molecule has 0 saturated carbocycles. The quantitative estimate of drug-likeness (QED) is 0.872. The standard InChI is InChI=1S/C11H7ClF2OS/c12-7-3-10(16-5-7)11(15)6-1-8(13)4-9(14)2-6/h1-5,11,15H. The first kappa shape index (κ1) is 11.5. The predicted molar refractivity (Wildman–Crippen MR) is 59.7 cm³/mol. The number of rotatable bonds is 2. The molecule has 1 atom stereocenters. The van der Waals surface area contributed by atoms with Crippen molar-refractivity contribution in [2.24, 2.45) is 0 Å². The number of benzene rings is 1. The van der Waals surface area contributed by atoms with Crippen LogP contribution in [0.15, 0.2) is 29.6 Å². The van der Waals surface area contributed by atoms with E-state index in [0.29, 0.717) is 9.90 Å². The fourth-order valence-electron chi connectivity index (χ4n) is 1.37. The van der Waals surface area contributed by atoms with E-state index < -0.39 is 17.7 Å². The van der Waals surface area contributed by atoms with Crippen molar-refractivity contribution in [3.8, 4) is 0 Å². The average molecular weight is 261 g/mol. The van der Waals surface area contributed by atoms with Gasteiger partial charge < -0.3 is 5.11 Å². The lowest BCUT2D eigenvalue weighted by atomic mass is 10.1. The van der Waals surface area contributed by atoms with E-state index in [1.165, 1.54) is 11.3 Å². The van der Waals surface area contributed by atoms with Crippen molar-refractivity contribution in [1.82, 2.24) is 0 Å². The molecular formula is C11H7ClF2OS. The molecular weight excluding hydrogens is 254 g/mol. The third kappa shape index (κ3) is 2.40. The third-order valence-electron chi connectivity index (χ3n) is 2.06. The summed E-state index contributed by atoms with van der Waals surface area (Å²) in [6.07, 6.45) is -1.05. The number of hydrogen-bond donors (Lipinski definition) is 1. The van der Waals surface area contributed by atoms with Crippen LogP contribution in [0.5, 0.6) is 0 Å². The van der Waals surface area contributed by atoms with Crippen molar-refractivity contribution in [3.63, 3.8) is 0 Å². The Labute approximate surface area is 99.9 Å². The van der Waals surface area contributed by atoms with Crippen molar-refractivity contribution in [1.29, 1.82) is 0 Å². The molecule has 1 heterocycles. The summed E-state index contributed by atoms with van der Waals surface area (Å²) in [5, 5.41) is 12.0. The van der Waals surface area contributed by atoms with Crippen LogP contribution in [-0.4, -0.2) is 5.11 Å². The van der Waals surface area contributed by atoms with E-state index in [2.05, 4.69) is 0 Å². The smallest absolute Gasteiger partial charge is 0.126 e. The lowest BCUT2D eigenvalue weighted by molar-refractivity contribution is 0.223. The molecule has 1 N–H and O–H groups in total. The molecule has 0 radical (unpaired) electrons. The molecule has 0 aliphatic carbocycles. The second-order valence-corrected chi connectivity index (χ2v) is 4.65. The molecule has 2 rings (SSSR count). The zero-order valence-electron chi connectivity index (χ0n) is 7.95. The second kappa shape index (κ2) is 4.49. The number of aliphatic hydroxyl groups excluding tert-OH is 1. The summed E-state index contributed by atoms with van der Waals surface area (Å²) in [4.78, 5) is 0.551. The fraction of sp³-hybridized carbons (Fsp3) is 0.0909. The number of halogens is 3. The van der Waals surface area contributed by atoms with Gasteiger partial charge in [-0.1, -0.05) is 11.6 Å². The van der Waals surface area contributed by atoms with Gasteiger partial charge in [0.2, 0.25) is 0 Å². The van der Waals surface area contributed by atoms with Gasteiger partial charge in [-0.3, -0.25) is 0 Å². The summed E-state index contributed by atoms with van der Waals surface area (Å²) in [5.41, 5.74) is 0.177. The van der Waals surface area contributed by atoms with Gasteiger partial charge in [0, 0.05) is 16.3 Å². The summed E-state index contributed by atoms with van der Waals surface area (Å²) in [6, 6.07) is 4.53. The lowest BCUT2D eigenvalue weighted by Crippen LogP contribution is -1.98. The third-order valence-corrected chi connectivity index (χ3v) is 3.39. The molecule has 1 aromatic heterocycles. The lowest BCUT2D eigenvalue weighted by Gasteiger charge is -2.08. The molecule has 1 aromatic carbocycles. The Kier molecular flexibility index (Phi) is 3.23. The highest BCUT2D eigenvalue weighted by Gasteiger charge is 2.14. The zero-order chi connectivity index (χ0) is 11.7. The summed E-state index contributed by atoms with van der Waals surface area (Å²) < 4.78 is 25.9. The van der Waals surface area contributed by atoms with E-state index in [4.69, 9.17) is 11.6 Å². The van der Waals surface area contributed by atoms with Gasteiger partial charge in [0.1, 0.15) is 17.7 Å². The van der Waals surface area contributed by atoms with Crippen molar-refractivity contribution in [3.05, 3.63) is 56.7 Å². The first-order valence-corrected chi connectivity index (χ1v) is 5.70. The Balaban J connectivity index is 2.37. The highest BCUT2D eigenvalue weighted by Crippen LogP contribution is 2.30. The highest BCUT2D eigenvalue weighted by molar-refractivity contribution is 7.10. The van der Waals surface area contributed by atoms with Crippen molar-refractivity contribution < 1.29 is 13.9 Å². The largest absolute Gasteiger partial charge is 0.383 e. The van der Waals surface area contributed by atoms with Gasteiger partial charge in [-0.05, 0) is 23.8 Å². The van der Waals surface area contributed by atoms with E-state index >= 15 is 0 Å². The first-order chi connectivity index (χ1) is 7.56. The topological polar surface area (TPSA) is 20.2 Å². The molecule has 0 saturated heterocycles. The van der Waals surface area contributed by atoms with Crippen LogP contribution >= 0.6 is 22.9 Å². The van der Waals surface area contributed by atoms with Crippen molar-refractivity contribution in [2.75, 3.05) is 0 Å². The minimum Gasteiger partial charge on any atom is -0.383 e. The zero-order valence-corrected chi connectivity index (χ0v) is 9.53. The summed E-state index contributed by atoms with van der Waals surface area (Å²) in [7, 11) is 0. The Hall–Kier alpha value is -0.970. The average Bonchev–Trinajstić information content (AvgIpc) is 2.62. The van der Waals surface area contributed by atoms with Crippen LogP contribution in [0.25, 0.3) is 0 Å². The van der Waals surface area contributed by atoms with Gasteiger partial charge in [-0.15, -0.1) is 11.3 Å². The molecule has 0 amide bonds. The Morgan fingerprint density at radius 2 is 1.75 bits per heavy atom. The van der Waals surface area contributed by atoms with Gasteiger partial charge in [-0.25, -0.2) is 8.78 Å². The molecule has 1 unspecified atom stereocenters. The van der Waals surface area contributed by atoms with Crippen molar-refractivity contribution >= 4 is 22.9 Å². The number of thiophene rings is 1. The van der Waals surface area contributed by atoms with E-state index in [1.807, 2.05) is 0 Å². The minimum absolute atomic E-state index is 0.177. The summed E-state index contributed by atoms with van der Waals surface area (Å²) in [6.45, 7) is 0. The van der Waals surface area contributed by atoms with Crippen LogP contribution in [0.4, 0.5) is 8.78 Å². The van der Waals surface area contributed by atoms with E-state index in [1.54, 1.807) is 11.4 Å². The van der Waals surface area contributed by atoms with Crippen LogP contribution < -0.4 is 0 Å². The summed E-state index contributed by atoms with van der Waals surface area (Å²) in [5.74, 6) is -1.42. The predicted octanol–water partition coefficient (Wildman–Crippen LogP) is 3.76. The van der Waals surface area contributed by atoms with Crippen molar-refractivity contribution in [2.45, 2.75) is 6.10 Å². The molecule has 0 aliphatic heterocycles. The number of hydrogen-bond acceptors (Lipinski definition) is 2. The van der Waals surface area contributed by atoms with E-state index in [-0.39, 0.29) is 5.56 Å². The van der Waals surface area contributed by atoms with Gasteiger partial charge >= 0.3 is 0 Å². The molecule has 0 spiro atoms. The second-order valence-electron chi connectivity index (χ2n) is 3.27. The maximum Gasteiger partial charge on any atom is 0.126 e. The Morgan fingerprint density at radius 3 is 2.25 bits per heavy atom. The minimum atomic E-state index is -1.05. The van der Waals surface area contributed by atoms with E-state index in [0.717, 1.165) is 18.2 Å². The maximum absolute atomic E-state index is 12.9. The molecule has 0 fully saturated rings. The molecule has 0 bridgehead atoms. The van der Waals surface area contributed by atoms with Gasteiger partial charge in [-0.2, -0.15) is 0 Å². The first-order valence-electron chi connectivity index (χ1n) is 4.44. The Bertz CT molecular complexity index is 492. The van der Waals surface area contributed by atoms with Crippen LogP contribution in [0.3, 0.4) is 0 Å². The maximum atomic E-state index is 12.9. The Morgan fingerprint density at radius 1 is 1.12 bits per heavy atom. The highest BCUT2D eigenvalue weighted by atomic mass is 35.5. The fourth-order valence-corrected chi connectivity index (χ4v) is 2.46. The van der Waals surface area contributed by atoms with Gasteiger partial charge in [0.15, 0.2) is 0 Å². The van der Waals surface area contributed by atoms with Crippen LogP contribution in [0.1, 0.15) is 16.5 Å².